The highest BCUT2D eigenvalue weighted by atomic mass is 16.3. The first-order chi connectivity index (χ1) is 26.4. The lowest BCUT2D eigenvalue weighted by Gasteiger charge is -2.28. The monoisotopic (exact) mass is 709 g/mol. The first-order valence-electron chi connectivity index (χ1n) is 18.8. The number of ketones is 1. The number of pyridine rings is 1. The minimum atomic E-state index is -0.244. The van der Waals surface area contributed by atoms with Crippen LogP contribution in [0, 0.1) is 20.9 Å². The van der Waals surface area contributed by atoms with Crippen LogP contribution in [-0.2, 0) is 11.3 Å². The average molecular weight is 710 g/mol. The van der Waals surface area contributed by atoms with Crippen molar-refractivity contribution in [1.29, 1.82) is 0 Å². The summed E-state index contributed by atoms with van der Waals surface area (Å²) in [5, 5.41) is 15.5. The second-order valence-electron chi connectivity index (χ2n) is 14.0. The zero-order valence-corrected chi connectivity index (χ0v) is 30.5. The number of unbranched alkanes of at least 4 members (excludes halogenated alkanes) is 2. The Morgan fingerprint density at radius 3 is 2.06 bits per heavy atom. The molecule has 6 heteroatoms. The van der Waals surface area contributed by atoms with Crippen LogP contribution >= 0.6 is 0 Å². The Labute approximate surface area is 312 Å². The number of allylic oxidation sites excluding steroid dienone is 5. The number of hydrogen-bond donors (Lipinski definition) is 1. The predicted octanol–water partition coefficient (Wildman–Crippen LogP) is 6.69. The van der Waals surface area contributed by atoms with Gasteiger partial charge in [-0.2, -0.15) is 4.57 Å². The van der Waals surface area contributed by atoms with Gasteiger partial charge in [0.05, 0.1) is 27.0 Å². The van der Waals surface area contributed by atoms with Crippen molar-refractivity contribution in [3.63, 3.8) is 0 Å². The topological polar surface area (TPSA) is 78.6 Å². The molecule has 266 valence electrons. The van der Waals surface area contributed by atoms with Crippen LogP contribution in [-0.4, -0.2) is 17.4 Å². The van der Waals surface area contributed by atoms with E-state index in [0.29, 0.717) is 21.6 Å². The third-order valence-electron chi connectivity index (χ3n) is 10.6. The molecule has 0 saturated carbocycles. The number of aryl methyl sites for hydroxylation is 1. The van der Waals surface area contributed by atoms with Crippen LogP contribution in [0.5, 0.6) is 0 Å². The predicted molar refractivity (Wildman–Crippen MR) is 215 cm³/mol. The molecule has 0 spiro atoms. The molecule has 0 saturated heterocycles. The standard InChI is InChI=1S/C48H40N2O4/c1-3-5-25-49-27-23-35(37-11-7-9-13-41(37)49)29-39-45(51)43(46(39)52)33-19-15-31(16-20-33)32-17-21-34(22-18-32)44-47(53)40(48(44)54)30-36-24-28-50(26-6-4-2)42-14-10-8-12-38(36)42/h7-24,27-30H,3-6,25-26H2,1-2H3/p+1/b35-29-. The van der Waals surface area contributed by atoms with Crippen molar-refractivity contribution < 1.29 is 14.5 Å². The highest BCUT2D eigenvalue weighted by molar-refractivity contribution is 6.37. The van der Waals surface area contributed by atoms with Crippen molar-refractivity contribution in [3.05, 3.63) is 202 Å². The van der Waals surface area contributed by atoms with Crippen LogP contribution in [0.2, 0.25) is 0 Å². The Bertz CT molecular complexity index is 2920. The van der Waals surface area contributed by atoms with E-state index in [-0.39, 0.29) is 32.8 Å². The molecule has 2 aliphatic rings. The number of aromatic nitrogens is 1. The van der Waals surface area contributed by atoms with Gasteiger partial charge in [0, 0.05) is 42.5 Å². The van der Waals surface area contributed by atoms with E-state index in [1.54, 1.807) is 24.3 Å². The lowest BCUT2D eigenvalue weighted by atomic mass is 9.84. The molecule has 1 aromatic heterocycles. The van der Waals surface area contributed by atoms with E-state index in [1.807, 2.05) is 97.3 Å². The van der Waals surface area contributed by atoms with Crippen LogP contribution in [0.1, 0.15) is 50.7 Å². The summed E-state index contributed by atoms with van der Waals surface area (Å²) < 4.78 is 2.22. The van der Waals surface area contributed by atoms with E-state index in [9.17, 15) is 19.5 Å². The van der Waals surface area contributed by atoms with Gasteiger partial charge in [0.25, 0.3) is 0 Å². The zero-order chi connectivity index (χ0) is 37.3. The quantitative estimate of drug-likeness (QED) is 0.178. The Hall–Kier alpha value is -6.40. The zero-order valence-electron chi connectivity index (χ0n) is 30.5. The molecular formula is C48H41N2O4+. The molecule has 6 aromatic rings. The molecule has 54 heavy (non-hydrogen) atoms. The summed E-state index contributed by atoms with van der Waals surface area (Å²) in [7, 11) is 0. The number of aliphatic hydroxyl groups is 1. The summed E-state index contributed by atoms with van der Waals surface area (Å²) in [4.78, 5) is 42.2. The van der Waals surface area contributed by atoms with E-state index in [1.165, 1.54) is 0 Å². The maximum atomic E-state index is 13.3. The summed E-state index contributed by atoms with van der Waals surface area (Å²) in [6, 6.07) is 33.1. The molecule has 6 nitrogen and oxygen atoms in total. The van der Waals surface area contributed by atoms with Crippen molar-refractivity contribution in [2.24, 2.45) is 0 Å². The minimum absolute atomic E-state index is 0.000220. The van der Waals surface area contributed by atoms with E-state index in [0.717, 1.165) is 82.5 Å². The normalized spacial score (nSPS) is 14.6. The van der Waals surface area contributed by atoms with E-state index in [2.05, 4.69) is 35.4 Å². The van der Waals surface area contributed by atoms with E-state index >= 15 is 0 Å². The van der Waals surface area contributed by atoms with Crippen LogP contribution in [0.15, 0.2) is 149 Å². The van der Waals surface area contributed by atoms with Gasteiger partial charge in [-0.05, 0) is 68.8 Å². The van der Waals surface area contributed by atoms with Gasteiger partial charge in [-0.15, -0.1) is 0 Å². The summed E-state index contributed by atoms with van der Waals surface area (Å²) in [5.41, 5.74) is 5.08. The molecule has 0 bridgehead atoms. The number of aliphatic hydroxyl groups excluding tert-OH is 1. The summed E-state index contributed by atoms with van der Waals surface area (Å²) in [5.74, 6) is -0.187. The van der Waals surface area contributed by atoms with Crippen LogP contribution in [0.25, 0.3) is 28.1 Å². The van der Waals surface area contributed by atoms with Gasteiger partial charge in [0.2, 0.25) is 22.2 Å². The van der Waals surface area contributed by atoms with Gasteiger partial charge >= 0.3 is 0 Å². The van der Waals surface area contributed by atoms with Crippen molar-refractivity contribution in [1.82, 2.24) is 0 Å². The SMILES string of the molecule is CCCCN1C=C/C(=C/C2=C(O)C(=c3ccc(=c4ccc(=c5c(=O)c(=Cc6cc[n+](CCCC)c7ccccc67)c5=O)cc4)cc3)C2=O)c2ccccc21. The fourth-order valence-electron chi connectivity index (χ4n) is 7.52. The Morgan fingerprint density at radius 1 is 0.704 bits per heavy atom. The summed E-state index contributed by atoms with van der Waals surface area (Å²) >= 11 is 0. The van der Waals surface area contributed by atoms with Gasteiger partial charge in [-0.1, -0.05) is 106 Å². The summed E-state index contributed by atoms with van der Waals surface area (Å²) in [6.45, 7) is 6.18. The molecule has 5 aromatic carbocycles. The highest BCUT2D eigenvalue weighted by Gasteiger charge is 2.33. The van der Waals surface area contributed by atoms with Gasteiger partial charge in [-0.25, -0.2) is 0 Å². The molecule has 1 aliphatic heterocycles. The van der Waals surface area contributed by atoms with Crippen molar-refractivity contribution in [3.8, 4) is 0 Å². The number of Topliss-reactive ketones (excluding diaryl/α,β-unsaturated/α-hetero) is 1. The lowest BCUT2D eigenvalue weighted by Crippen LogP contribution is -2.49. The van der Waals surface area contributed by atoms with Crippen LogP contribution in [0.4, 0.5) is 5.69 Å². The number of benzene rings is 4. The largest absolute Gasteiger partial charge is 0.506 e. The Balaban J connectivity index is 1.10. The van der Waals surface area contributed by atoms with Crippen molar-refractivity contribution in [2.75, 3.05) is 11.4 Å². The average Bonchev–Trinajstić information content (AvgIpc) is 3.21. The van der Waals surface area contributed by atoms with Gasteiger partial charge in [-0.3, -0.25) is 14.4 Å². The molecule has 0 unspecified atom stereocenters. The highest BCUT2D eigenvalue weighted by Crippen LogP contribution is 2.37. The van der Waals surface area contributed by atoms with E-state index in [4.69, 9.17) is 0 Å². The number of hydrogen-bond acceptors (Lipinski definition) is 5. The number of carbonyl (C=O) groups is 1. The molecule has 1 N–H and O–H groups in total. The van der Waals surface area contributed by atoms with Crippen molar-refractivity contribution in [2.45, 2.75) is 46.1 Å². The molecule has 0 radical (unpaired) electrons. The maximum absolute atomic E-state index is 13.3. The maximum Gasteiger partial charge on any atom is 0.213 e. The molecule has 1 aliphatic carbocycles. The first kappa shape index (κ1) is 34.7. The van der Waals surface area contributed by atoms with E-state index < -0.39 is 0 Å². The number of rotatable bonds is 8. The number of para-hydroxylation sites is 2. The minimum Gasteiger partial charge on any atom is -0.506 e. The number of anilines is 1. The molecule has 0 amide bonds. The first-order valence-corrected chi connectivity index (χ1v) is 18.8. The second kappa shape index (κ2) is 14.6. The Morgan fingerprint density at radius 2 is 1.35 bits per heavy atom. The Kier molecular flexibility index (Phi) is 9.34. The third-order valence-corrected chi connectivity index (χ3v) is 10.6. The lowest BCUT2D eigenvalue weighted by molar-refractivity contribution is -0.671. The molecule has 8 rings (SSSR count). The number of fused-ring (bicyclic) bond motifs is 2. The molecule has 0 fully saturated rings. The molecule has 2 heterocycles. The second-order valence-corrected chi connectivity index (χ2v) is 14.0. The fourth-order valence-corrected chi connectivity index (χ4v) is 7.52. The van der Waals surface area contributed by atoms with Gasteiger partial charge in [0.1, 0.15) is 12.3 Å². The third kappa shape index (κ3) is 6.13. The number of carbonyl (C=O) groups excluding carboxylic acids is 1. The summed E-state index contributed by atoms with van der Waals surface area (Å²) in [6.07, 6.45) is 13.9. The molecule has 0 atom stereocenters. The fraction of sp³-hybridized carbons (Fsp3) is 0.167. The van der Waals surface area contributed by atoms with Crippen LogP contribution < -0.4 is 30.8 Å². The van der Waals surface area contributed by atoms with Gasteiger partial charge in [0.15, 0.2) is 6.20 Å². The molecular weight excluding hydrogens is 669 g/mol. The van der Waals surface area contributed by atoms with Crippen LogP contribution in [0.3, 0.4) is 0 Å². The van der Waals surface area contributed by atoms with Gasteiger partial charge < -0.3 is 10.0 Å². The number of nitrogens with zero attached hydrogens (tertiary/aromatic N) is 2. The smallest absolute Gasteiger partial charge is 0.213 e. The van der Waals surface area contributed by atoms with Crippen molar-refractivity contribution >= 4 is 39.6 Å².